The number of halogens is 1. The van der Waals surface area contributed by atoms with Crippen LogP contribution < -0.4 is 4.74 Å². The van der Waals surface area contributed by atoms with Crippen LogP contribution in [0, 0.1) is 0 Å². The molecular formula is C12H15ClO3. The number of carbonyl (C=O) groups is 1. The van der Waals surface area contributed by atoms with Crippen molar-refractivity contribution >= 4 is 17.8 Å². The summed E-state index contributed by atoms with van der Waals surface area (Å²) in [4.78, 5) is 11.4. The first-order valence-electron chi connectivity index (χ1n) is 4.97. The van der Waals surface area contributed by atoms with Crippen LogP contribution in [-0.4, -0.2) is 11.8 Å². The topological polar surface area (TPSA) is 35.5 Å². The zero-order valence-corrected chi connectivity index (χ0v) is 10.4. The fraction of sp³-hybridized carbons (Fsp3) is 0.417. The van der Waals surface area contributed by atoms with Crippen molar-refractivity contribution in [1.29, 1.82) is 0 Å². The summed E-state index contributed by atoms with van der Waals surface area (Å²) in [6.07, 6.45) is -0.718. The lowest BCUT2D eigenvalue weighted by molar-refractivity contribution is 0.0204. The lowest BCUT2D eigenvalue weighted by Crippen LogP contribution is -2.26. The second-order valence-corrected chi connectivity index (χ2v) is 4.58. The van der Waals surface area contributed by atoms with E-state index in [1.54, 1.807) is 39.0 Å². The van der Waals surface area contributed by atoms with Crippen LogP contribution in [-0.2, 0) is 10.6 Å². The lowest BCUT2D eigenvalue weighted by atomic mass is 10.2. The Hall–Kier alpha value is -1.22. The molecule has 0 atom stereocenters. The number of carbonyl (C=O) groups excluding carboxylic acids is 1. The third-order valence-corrected chi connectivity index (χ3v) is 1.99. The van der Waals surface area contributed by atoms with E-state index in [-0.39, 0.29) is 0 Å². The third-order valence-electron chi connectivity index (χ3n) is 1.70. The molecule has 0 radical (unpaired) electrons. The number of ether oxygens (including phenoxy) is 2. The van der Waals surface area contributed by atoms with Gasteiger partial charge in [0.05, 0.1) is 5.88 Å². The van der Waals surface area contributed by atoms with Crippen molar-refractivity contribution in [2.45, 2.75) is 32.3 Å². The maximum Gasteiger partial charge on any atom is 0.514 e. The molecule has 0 amide bonds. The zero-order chi connectivity index (χ0) is 12.2. The van der Waals surface area contributed by atoms with Crippen molar-refractivity contribution < 1.29 is 14.3 Å². The molecule has 1 aromatic rings. The highest BCUT2D eigenvalue weighted by molar-refractivity contribution is 6.17. The molecule has 1 aromatic carbocycles. The van der Waals surface area contributed by atoms with Gasteiger partial charge in [-0.25, -0.2) is 4.79 Å². The molecule has 0 aromatic heterocycles. The van der Waals surface area contributed by atoms with Gasteiger partial charge in [0, 0.05) is 5.56 Å². The molecule has 0 N–H and O–H groups in total. The normalized spacial score (nSPS) is 11.0. The maximum atomic E-state index is 11.4. The molecule has 0 saturated carbocycles. The van der Waals surface area contributed by atoms with Gasteiger partial charge in [-0.15, -0.1) is 11.6 Å². The highest BCUT2D eigenvalue weighted by Gasteiger charge is 2.18. The first-order chi connectivity index (χ1) is 7.42. The van der Waals surface area contributed by atoms with Gasteiger partial charge >= 0.3 is 6.16 Å². The average Bonchev–Trinajstić information content (AvgIpc) is 2.15. The van der Waals surface area contributed by atoms with Gasteiger partial charge in [0.15, 0.2) is 0 Å². The minimum atomic E-state index is -0.718. The third kappa shape index (κ3) is 4.11. The van der Waals surface area contributed by atoms with Gasteiger partial charge in [0.2, 0.25) is 0 Å². The van der Waals surface area contributed by atoms with E-state index in [4.69, 9.17) is 21.1 Å². The summed E-state index contributed by atoms with van der Waals surface area (Å²) in [5.74, 6) is 0.727. The van der Waals surface area contributed by atoms with Crippen LogP contribution in [0.15, 0.2) is 24.3 Å². The molecule has 0 heterocycles. The number of hydrogen-bond donors (Lipinski definition) is 0. The van der Waals surface area contributed by atoms with Gasteiger partial charge in [-0.1, -0.05) is 18.2 Å². The first kappa shape index (κ1) is 12.8. The van der Waals surface area contributed by atoms with Gasteiger partial charge in [-0.05, 0) is 26.8 Å². The van der Waals surface area contributed by atoms with Gasteiger partial charge < -0.3 is 9.47 Å². The van der Waals surface area contributed by atoms with Gasteiger partial charge in [0.25, 0.3) is 0 Å². The highest BCUT2D eigenvalue weighted by atomic mass is 35.5. The van der Waals surface area contributed by atoms with Gasteiger partial charge in [0.1, 0.15) is 11.4 Å². The van der Waals surface area contributed by atoms with Crippen LogP contribution in [0.25, 0.3) is 0 Å². The predicted octanol–water partition coefficient (Wildman–Crippen LogP) is 3.74. The molecule has 0 bridgehead atoms. The summed E-state index contributed by atoms with van der Waals surface area (Å²) < 4.78 is 10.1. The van der Waals surface area contributed by atoms with E-state index in [0.29, 0.717) is 11.6 Å². The summed E-state index contributed by atoms with van der Waals surface area (Å²) >= 11 is 5.72. The number of hydrogen-bond acceptors (Lipinski definition) is 3. The van der Waals surface area contributed by atoms with Gasteiger partial charge in [-0.2, -0.15) is 0 Å². The SMILES string of the molecule is CC(C)(C)OC(=O)Oc1ccccc1CCl. The number of alkyl halides is 1. The van der Waals surface area contributed by atoms with Crippen LogP contribution in [0.1, 0.15) is 26.3 Å². The van der Waals surface area contributed by atoms with Crippen molar-refractivity contribution in [2.24, 2.45) is 0 Å². The number of rotatable bonds is 2. The summed E-state index contributed by atoms with van der Waals surface area (Å²) in [5, 5.41) is 0. The van der Waals surface area contributed by atoms with E-state index >= 15 is 0 Å². The minimum Gasteiger partial charge on any atom is -0.428 e. The lowest BCUT2D eigenvalue weighted by Gasteiger charge is -2.19. The Morgan fingerprint density at radius 1 is 1.31 bits per heavy atom. The van der Waals surface area contributed by atoms with Crippen LogP contribution in [0.2, 0.25) is 0 Å². The van der Waals surface area contributed by atoms with E-state index in [9.17, 15) is 4.79 Å². The summed E-state index contributed by atoms with van der Waals surface area (Å²) in [6.45, 7) is 5.34. The molecule has 88 valence electrons. The van der Waals surface area contributed by atoms with E-state index in [1.165, 1.54) is 0 Å². The molecule has 0 aliphatic rings. The van der Waals surface area contributed by atoms with Crippen LogP contribution >= 0.6 is 11.6 Å². The number of benzene rings is 1. The van der Waals surface area contributed by atoms with Crippen LogP contribution in [0.4, 0.5) is 4.79 Å². The fourth-order valence-electron chi connectivity index (χ4n) is 1.07. The standard InChI is InChI=1S/C12H15ClO3/c1-12(2,3)16-11(14)15-10-7-5-4-6-9(10)8-13/h4-7H,8H2,1-3H3. The minimum absolute atomic E-state index is 0.291. The molecule has 16 heavy (non-hydrogen) atoms. The average molecular weight is 243 g/mol. The molecule has 0 fully saturated rings. The fourth-order valence-corrected chi connectivity index (χ4v) is 1.30. The monoisotopic (exact) mass is 242 g/mol. The predicted molar refractivity (Wildman–Crippen MR) is 62.9 cm³/mol. The van der Waals surface area contributed by atoms with E-state index < -0.39 is 11.8 Å². The smallest absolute Gasteiger partial charge is 0.428 e. The second-order valence-electron chi connectivity index (χ2n) is 4.31. The molecule has 0 saturated heterocycles. The molecule has 4 heteroatoms. The Bertz CT molecular complexity index is 369. The second kappa shape index (κ2) is 5.21. The summed E-state index contributed by atoms with van der Waals surface area (Å²) in [5.41, 5.74) is 0.197. The van der Waals surface area contributed by atoms with Crippen molar-refractivity contribution in [1.82, 2.24) is 0 Å². The molecule has 1 rings (SSSR count). The summed E-state index contributed by atoms with van der Waals surface area (Å²) in [6, 6.07) is 7.09. The Labute approximate surface area is 100 Å². The Balaban J connectivity index is 2.70. The maximum absolute atomic E-state index is 11.4. The molecular weight excluding hydrogens is 228 g/mol. The highest BCUT2D eigenvalue weighted by Crippen LogP contribution is 2.21. The van der Waals surface area contributed by atoms with Crippen LogP contribution in [0.5, 0.6) is 5.75 Å². The first-order valence-corrected chi connectivity index (χ1v) is 5.50. The number of para-hydroxylation sites is 1. The Morgan fingerprint density at radius 3 is 2.50 bits per heavy atom. The largest absolute Gasteiger partial charge is 0.514 e. The quantitative estimate of drug-likeness (QED) is 0.450. The molecule has 0 aliphatic heterocycles. The van der Waals surface area contributed by atoms with Crippen molar-refractivity contribution in [3.63, 3.8) is 0 Å². The van der Waals surface area contributed by atoms with E-state index in [0.717, 1.165) is 5.56 Å². The van der Waals surface area contributed by atoms with E-state index in [1.807, 2.05) is 6.07 Å². The Morgan fingerprint density at radius 2 is 1.94 bits per heavy atom. The molecule has 0 aliphatic carbocycles. The van der Waals surface area contributed by atoms with Crippen LogP contribution in [0.3, 0.4) is 0 Å². The van der Waals surface area contributed by atoms with Crippen molar-refractivity contribution in [2.75, 3.05) is 0 Å². The molecule has 3 nitrogen and oxygen atoms in total. The van der Waals surface area contributed by atoms with E-state index in [2.05, 4.69) is 0 Å². The zero-order valence-electron chi connectivity index (χ0n) is 9.62. The Kier molecular flexibility index (Phi) is 4.19. The molecule has 0 spiro atoms. The van der Waals surface area contributed by atoms with Crippen molar-refractivity contribution in [3.05, 3.63) is 29.8 Å². The summed E-state index contributed by atoms with van der Waals surface area (Å²) in [7, 11) is 0. The molecule has 0 unspecified atom stereocenters. The van der Waals surface area contributed by atoms with Gasteiger partial charge in [-0.3, -0.25) is 0 Å². The van der Waals surface area contributed by atoms with Crippen molar-refractivity contribution in [3.8, 4) is 5.75 Å².